The first-order valence-corrected chi connectivity index (χ1v) is 6.62. The summed E-state index contributed by atoms with van der Waals surface area (Å²) in [5.41, 5.74) is 4.59. The highest BCUT2D eigenvalue weighted by atomic mass is 19.1. The molecule has 0 radical (unpaired) electrons. The van der Waals surface area contributed by atoms with E-state index in [1.807, 2.05) is 32.0 Å². The third-order valence-electron chi connectivity index (χ3n) is 3.33. The molecular weight excluding hydrogens is 265 g/mol. The van der Waals surface area contributed by atoms with Gasteiger partial charge in [0, 0.05) is 6.42 Å². The monoisotopic (exact) mass is 281 g/mol. The Labute approximate surface area is 123 Å². The van der Waals surface area contributed by atoms with E-state index in [1.165, 1.54) is 12.4 Å². The molecule has 0 amide bonds. The first-order valence-electron chi connectivity index (χ1n) is 6.62. The second-order valence-corrected chi connectivity index (χ2v) is 4.85. The predicted molar refractivity (Wildman–Crippen MR) is 82.0 cm³/mol. The van der Waals surface area contributed by atoms with Gasteiger partial charge in [-0.1, -0.05) is 24.3 Å². The fraction of sp³-hybridized carbons (Fsp3) is 0.176. The van der Waals surface area contributed by atoms with Crippen molar-refractivity contribution in [3.8, 4) is 6.19 Å². The number of hydrogen-bond donors (Lipinski definition) is 1. The molecule has 0 bridgehead atoms. The van der Waals surface area contributed by atoms with Crippen molar-refractivity contribution in [2.24, 2.45) is 4.99 Å². The van der Waals surface area contributed by atoms with Gasteiger partial charge in [-0.15, -0.1) is 0 Å². The summed E-state index contributed by atoms with van der Waals surface area (Å²) in [4.78, 5) is 4.19. The Bertz CT molecular complexity index is 714. The molecule has 0 saturated heterocycles. The predicted octanol–water partition coefficient (Wildman–Crippen LogP) is 3.76. The van der Waals surface area contributed by atoms with Crippen LogP contribution in [0, 0.1) is 31.1 Å². The van der Waals surface area contributed by atoms with Crippen LogP contribution in [0.4, 0.5) is 10.1 Å². The van der Waals surface area contributed by atoms with Crippen molar-refractivity contribution in [1.29, 1.82) is 5.26 Å². The minimum atomic E-state index is -0.185. The molecule has 0 spiro atoms. The molecule has 0 aliphatic carbocycles. The summed E-state index contributed by atoms with van der Waals surface area (Å²) in [6, 6.07) is 10.8. The van der Waals surface area contributed by atoms with Crippen molar-refractivity contribution in [2.45, 2.75) is 20.3 Å². The van der Waals surface area contributed by atoms with Crippen molar-refractivity contribution in [2.75, 3.05) is 0 Å². The second-order valence-electron chi connectivity index (χ2n) is 4.85. The van der Waals surface area contributed by atoms with Crippen LogP contribution in [0.3, 0.4) is 0 Å². The molecule has 4 heteroatoms. The number of nitriles is 1. The molecule has 0 saturated carbocycles. The van der Waals surface area contributed by atoms with E-state index in [2.05, 4.69) is 10.3 Å². The third kappa shape index (κ3) is 3.67. The molecular formula is C17H16FN3. The number of benzene rings is 2. The first kappa shape index (κ1) is 14.7. The van der Waals surface area contributed by atoms with Gasteiger partial charge in [0.2, 0.25) is 0 Å². The lowest BCUT2D eigenvalue weighted by molar-refractivity contribution is 0.614. The molecule has 0 atom stereocenters. The largest absolute Gasteiger partial charge is 0.283 e. The smallest absolute Gasteiger partial charge is 0.182 e. The fourth-order valence-corrected chi connectivity index (χ4v) is 2.17. The van der Waals surface area contributed by atoms with Gasteiger partial charge in [-0.05, 0) is 48.2 Å². The minimum Gasteiger partial charge on any atom is -0.283 e. The Morgan fingerprint density at radius 1 is 1.19 bits per heavy atom. The molecule has 0 aliphatic rings. The van der Waals surface area contributed by atoms with Crippen molar-refractivity contribution in [3.05, 3.63) is 64.5 Å². The number of nitrogens with one attached hydrogen (secondary N) is 1. The molecule has 0 fully saturated rings. The summed E-state index contributed by atoms with van der Waals surface area (Å²) in [6.07, 6.45) is 3.70. The maximum absolute atomic E-state index is 13.7. The molecule has 21 heavy (non-hydrogen) atoms. The molecule has 3 nitrogen and oxygen atoms in total. The van der Waals surface area contributed by atoms with E-state index in [9.17, 15) is 4.39 Å². The summed E-state index contributed by atoms with van der Waals surface area (Å²) >= 11 is 0. The van der Waals surface area contributed by atoms with Gasteiger partial charge in [0.15, 0.2) is 6.19 Å². The SMILES string of the molecule is Cc1cc(N=CNC#N)c(C)cc1Cc1ccccc1F. The van der Waals surface area contributed by atoms with E-state index in [0.717, 1.165) is 22.4 Å². The number of aryl methyl sites for hydroxylation is 2. The normalized spacial score (nSPS) is 10.6. The number of hydrogen-bond acceptors (Lipinski definition) is 2. The lowest BCUT2D eigenvalue weighted by atomic mass is 9.97. The average molecular weight is 281 g/mol. The zero-order chi connectivity index (χ0) is 15.2. The van der Waals surface area contributed by atoms with Gasteiger partial charge in [-0.2, -0.15) is 5.26 Å². The Kier molecular flexibility index (Phi) is 4.68. The number of halogens is 1. The van der Waals surface area contributed by atoms with Gasteiger partial charge in [0.25, 0.3) is 0 Å². The zero-order valence-electron chi connectivity index (χ0n) is 12.0. The summed E-state index contributed by atoms with van der Waals surface area (Å²) < 4.78 is 13.7. The molecule has 2 aromatic rings. The highest BCUT2D eigenvalue weighted by Gasteiger charge is 2.07. The minimum absolute atomic E-state index is 0.185. The Balaban J connectivity index is 2.29. The van der Waals surface area contributed by atoms with E-state index >= 15 is 0 Å². The molecule has 2 aromatic carbocycles. The highest BCUT2D eigenvalue weighted by Crippen LogP contribution is 2.25. The Morgan fingerprint density at radius 3 is 2.67 bits per heavy atom. The maximum Gasteiger partial charge on any atom is 0.182 e. The quantitative estimate of drug-likeness (QED) is 0.401. The van der Waals surface area contributed by atoms with Crippen molar-refractivity contribution in [1.82, 2.24) is 5.32 Å². The molecule has 0 unspecified atom stereocenters. The van der Waals surface area contributed by atoms with Gasteiger partial charge in [-0.25, -0.2) is 9.38 Å². The van der Waals surface area contributed by atoms with Crippen molar-refractivity contribution in [3.63, 3.8) is 0 Å². The van der Waals surface area contributed by atoms with Gasteiger partial charge in [0.1, 0.15) is 12.2 Å². The molecule has 1 N–H and O–H groups in total. The van der Waals surface area contributed by atoms with Crippen LogP contribution in [0.25, 0.3) is 0 Å². The molecule has 2 rings (SSSR count). The van der Waals surface area contributed by atoms with Gasteiger partial charge in [0.05, 0.1) is 5.69 Å². The maximum atomic E-state index is 13.7. The van der Waals surface area contributed by atoms with Crippen LogP contribution in [0.1, 0.15) is 22.3 Å². The van der Waals surface area contributed by atoms with Crippen LogP contribution in [0.2, 0.25) is 0 Å². The topological polar surface area (TPSA) is 48.2 Å². The van der Waals surface area contributed by atoms with Crippen LogP contribution in [0.15, 0.2) is 41.4 Å². The van der Waals surface area contributed by atoms with E-state index < -0.39 is 0 Å². The summed E-state index contributed by atoms with van der Waals surface area (Å²) in [5, 5.41) is 10.8. The van der Waals surface area contributed by atoms with Crippen LogP contribution in [-0.4, -0.2) is 6.34 Å². The van der Waals surface area contributed by atoms with Crippen molar-refractivity contribution >= 4 is 12.0 Å². The Morgan fingerprint density at radius 2 is 1.95 bits per heavy atom. The van der Waals surface area contributed by atoms with Gasteiger partial charge in [-0.3, -0.25) is 5.32 Å². The van der Waals surface area contributed by atoms with Crippen LogP contribution in [-0.2, 0) is 6.42 Å². The first-order chi connectivity index (χ1) is 10.1. The van der Waals surface area contributed by atoms with E-state index in [4.69, 9.17) is 5.26 Å². The van der Waals surface area contributed by atoms with E-state index in [1.54, 1.807) is 18.3 Å². The molecule has 0 aromatic heterocycles. The van der Waals surface area contributed by atoms with Gasteiger partial charge >= 0.3 is 0 Å². The third-order valence-corrected chi connectivity index (χ3v) is 3.33. The molecule has 0 aliphatic heterocycles. The summed E-state index contributed by atoms with van der Waals surface area (Å²) in [6.45, 7) is 3.93. The molecule has 106 valence electrons. The lowest BCUT2D eigenvalue weighted by Gasteiger charge is -2.10. The van der Waals surface area contributed by atoms with Crippen molar-refractivity contribution < 1.29 is 4.39 Å². The zero-order valence-corrected chi connectivity index (χ0v) is 12.0. The summed E-state index contributed by atoms with van der Waals surface area (Å²) in [7, 11) is 0. The van der Waals surface area contributed by atoms with Gasteiger partial charge < -0.3 is 0 Å². The number of nitrogens with zero attached hydrogens (tertiary/aromatic N) is 2. The lowest BCUT2D eigenvalue weighted by Crippen LogP contribution is -2.00. The fourth-order valence-electron chi connectivity index (χ4n) is 2.17. The standard InChI is InChI=1S/C17H16FN3/c1-12-8-17(21-11-20-10-19)13(2)7-15(12)9-14-5-3-4-6-16(14)18/h3-8,11H,9H2,1-2H3,(H,20,21). The average Bonchev–Trinajstić information content (AvgIpc) is 2.46. The van der Waals surface area contributed by atoms with Crippen LogP contribution >= 0.6 is 0 Å². The summed E-state index contributed by atoms with van der Waals surface area (Å²) in [5.74, 6) is -0.185. The molecule has 0 heterocycles. The van der Waals surface area contributed by atoms with Crippen LogP contribution in [0.5, 0.6) is 0 Å². The number of aliphatic imine (C=N–C) groups is 1. The highest BCUT2D eigenvalue weighted by molar-refractivity contribution is 5.65. The second kappa shape index (κ2) is 6.67. The van der Waals surface area contributed by atoms with E-state index in [-0.39, 0.29) is 5.82 Å². The Hall–Kier alpha value is -2.67. The number of rotatable bonds is 4. The van der Waals surface area contributed by atoms with E-state index in [0.29, 0.717) is 12.0 Å². The van der Waals surface area contributed by atoms with Crippen LogP contribution < -0.4 is 5.32 Å².